The molecule has 0 unspecified atom stereocenters. The Hall–Kier alpha value is -3.63. The van der Waals surface area contributed by atoms with Gasteiger partial charge in [-0.2, -0.15) is 0 Å². The second-order valence-corrected chi connectivity index (χ2v) is 5.13. The van der Waals surface area contributed by atoms with E-state index in [4.69, 9.17) is 0 Å². The third-order valence-electron chi connectivity index (χ3n) is 3.09. The molecule has 0 aliphatic heterocycles. The van der Waals surface area contributed by atoms with Crippen molar-refractivity contribution in [3.63, 3.8) is 0 Å². The summed E-state index contributed by atoms with van der Waals surface area (Å²) in [6, 6.07) is 8.89. The zero-order valence-electron chi connectivity index (χ0n) is 13.9. The Kier molecular flexibility index (Phi) is 6.53. The molecule has 0 saturated carbocycles. The summed E-state index contributed by atoms with van der Waals surface area (Å²) >= 11 is 0. The summed E-state index contributed by atoms with van der Waals surface area (Å²) < 4.78 is 57.9. The maximum atomic E-state index is 13.4. The van der Waals surface area contributed by atoms with Gasteiger partial charge in [0.15, 0.2) is 6.61 Å². The van der Waals surface area contributed by atoms with E-state index in [1.54, 1.807) is 0 Å². The molecule has 0 aliphatic carbocycles. The fourth-order valence-electron chi connectivity index (χ4n) is 1.88. The molecule has 2 aromatic rings. The molecule has 28 heavy (non-hydrogen) atoms. The molecule has 0 spiro atoms. The van der Waals surface area contributed by atoms with Gasteiger partial charge < -0.3 is 9.47 Å². The highest BCUT2D eigenvalue weighted by Crippen LogP contribution is 2.22. The molecule has 0 atom stereocenters. The molecular formula is C17H12F4N2O5. The van der Waals surface area contributed by atoms with Gasteiger partial charge in [0.25, 0.3) is 11.8 Å². The van der Waals surface area contributed by atoms with Crippen molar-refractivity contribution in [3.05, 3.63) is 65.5 Å². The van der Waals surface area contributed by atoms with Crippen LogP contribution in [0.1, 0.15) is 20.7 Å². The van der Waals surface area contributed by atoms with E-state index in [1.165, 1.54) is 18.2 Å². The first-order chi connectivity index (χ1) is 13.2. The van der Waals surface area contributed by atoms with Gasteiger partial charge in [-0.1, -0.05) is 12.1 Å². The van der Waals surface area contributed by atoms with E-state index in [1.807, 2.05) is 10.9 Å². The van der Waals surface area contributed by atoms with Crippen LogP contribution in [0.25, 0.3) is 0 Å². The molecule has 2 amide bonds. The van der Waals surface area contributed by atoms with Gasteiger partial charge in [-0.3, -0.25) is 20.4 Å². The minimum absolute atomic E-state index is 0.127. The van der Waals surface area contributed by atoms with Gasteiger partial charge in [-0.25, -0.2) is 9.18 Å². The number of halogens is 4. The van der Waals surface area contributed by atoms with Crippen LogP contribution in [-0.4, -0.2) is 30.8 Å². The van der Waals surface area contributed by atoms with Crippen LogP contribution in [0.4, 0.5) is 17.6 Å². The summed E-state index contributed by atoms with van der Waals surface area (Å²) in [6.07, 6.45) is -4.87. The monoisotopic (exact) mass is 400 g/mol. The number of benzene rings is 2. The van der Waals surface area contributed by atoms with Crippen molar-refractivity contribution >= 4 is 17.8 Å². The number of ether oxygens (including phenoxy) is 2. The Labute approximate surface area is 155 Å². The minimum Gasteiger partial charge on any atom is -0.452 e. The molecule has 2 N–H and O–H groups in total. The van der Waals surface area contributed by atoms with E-state index >= 15 is 0 Å². The van der Waals surface area contributed by atoms with Crippen molar-refractivity contribution in [1.82, 2.24) is 10.9 Å². The smallest absolute Gasteiger partial charge is 0.452 e. The lowest BCUT2D eigenvalue weighted by Crippen LogP contribution is -2.43. The van der Waals surface area contributed by atoms with Crippen LogP contribution in [0.15, 0.2) is 48.5 Å². The zero-order valence-corrected chi connectivity index (χ0v) is 13.9. The fourth-order valence-corrected chi connectivity index (χ4v) is 1.88. The van der Waals surface area contributed by atoms with Crippen LogP contribution in [0, 0.1) is 5.82 Å². The molecule has 7 nitrogen and oxygen atoms in total. The van der Waals surface area contributed by atoms with Crippen LogP contribution in [0.3, 0.4) is 0 Å². The van der Waals surface area contributed by atoms with Gasteiger partial charge in [0, 0.05) is 0 Å². The normalized spacial score (nSPS) is 10.7. The molecule has 0 heterocycles. The quantitative estimate of drug-likeness (QED) is 0.457. The van der Waals surface area contributed by atoms with Gasteiger partial charge in [0.2, 0.25) is 0 Å². The van der Waals surface area contributed by atoms with Crippen molar-refractivity contribution < 1.29 is 41.4 Å². The number of amides is 2. The molecular weight excluding hydrogens is 388 g/mol. The van der Waals surface area contributed by atoms with Gasteiger partial charge in [-0.15, -0.1) is 13.2 Å². The van der Waals surface area contributed by atoms with Crippen LogP contribution >= 0.6 is 0 Å². The first-order valence-corrected chi connectivity index (χ1v) is 7.52. The lowest BCUT2D eigenvalue weighted by Gasteiger charge is -2.10. The Morgan fingerprint density at radius 3 is 2.18 bits per heavy atom. The van der Waals surface area contributed by atoms with E-state index in [9.17, 15) is 31.9 Å². The summed E-state index contributed by atoms with van der Waals surface area (Å²) in [5, 5.41) is 0. The third kappa shape index (κ3) is 6.27. The lowest BCUT2D eigenvalue weighted by molar-refractivity contribution is -0.274. The Bertz CT molecular complexity index is 869. The predicted octanol–water partition coefficient (Wildman–Crippen LogP) is 2.34. The topological polar surface area (TPSA) is 93.7 Å². The van der Waals surface area contributed by atoms with E-state index in [-0.39, 0.29) is 11.1 Å². The van der Waals surface area contributed by atoms with Crippen molar-refractivity contribution in [3.8, 4) is 5.75 Å². The Morgan fingerprint density at radius 2 is 1.57 bits per heavy atom. The molecule has 0 bridgehead atoms. The number of alkyl halides is 3. The van der Waals surface area contributed by atoms with Gasteiger partial charge in [0.1, 0.15) is 11.6 Å². The van der Waals surface area contributed by atoms with Crippen molar-refractivity contribution in [1.29, 1.82) is 0 Å². The molecule has 0 saturated heterocycles. The van der Waals surface area contributed by atoms with Gasteiger partial charge in [-0.05, 0) is 36.4 Å². The van der Waals surface area contributed by atoms with Gasteiger partial charge in [0.05, 0.1) is 11.1 Å². The molecule has 2 aromatic carbocycles. The lowest BCUT2D eigenvalue weighted by atomic mass is 10.2. The minimum atomic E-state index is -4.87. The van der Waals surface area contributed by atoms with Crippen molar-refractivity contribution in [2.75, 3.05) is 6.61 Å². The summed E-state index contributed by atoms with van der Waals surface area (Å²) in [7, 11) is 0. The maximum Gasteiger partial charge on any atom is 0.573 e. The molecule has 0 fully saturated rings. The number of hydrogen-bond acceptors (Lipinski definition) is 5. The molecule has 148 valence electrons. The predicted molar refractivity (Wildman–Crippen MR) is 85.4 cm³/mol. The number of carbonyl (C=O) groups is 3. The summed E-state index contributed by atoms with van der Waals surface area (Å²) in [6.45, 7) is -0.794. The average molecular weight is 400 g/mol. The average Bonchev–Trinajstić information content (AvgIpc) is 2.64. The number of nitrogens with one attached hydrogen (secondary N) is 2. The maximum absolute atomic E-state index is 13.4. The molecule has 2 rings (SSSR count). The van der Waals surface area contributed by atoms with Crippen LogP contribution < -0.4 is 15.6 Å². The molecule has 0 aliphatic rings. The van der Waals surface area contributed by atoms with Crippen LogP contribution in [0.5, 0.6) is 5.75 Å². The Morgan fingerprint density at radius 1 is 0.929 bits per heavy atom. The highest BCUT2D eigenvalue weighted by molar-refractivity contribution is 5.96. The van der Waals surface area contributed by atoms with Crippen LogP contribution in [-0.2, 0) is 9.53 Å². The molecule has 11 heteroatoms. The van der Waals surface area contributed by atoms with E-state index in [0.29, 0.717) is 0 Å². The van der Waals surface area contributed by atoms with Crippen molar-refractivity contribution in [2.24, 2.45) is 0 Å². The molecule has 0 radical (unpaired) electrons. The summed E-state index contributed by atoms with van der Waals surface area (Å²) in [5.41, 5.74) is 3.43. The third-order valence-corrected chi connectivity index (χ3v) is 3.09. The number of carbonyl (C=O) groups excluding carboxylic acids is 3. The van der Waals surface area contributed by atoms with E-state index < -0.39 is 42.3 Å². The fraction of sp³-hybridized carbons (Fsp3) is 0.118. The highest BCUT2D eigenvalue weighted by Gasteiger charge is 2.31. The number of hydrogen-bond donors (Lipinski definition) is 2. The van der Waals surface area contributed by atoms with Gasteiger partial charge >= 0.3 is 12.3 Å². The van der Waals surface area contributed by atoms with Crippen molar-refractivity contribution in [2.45, 2.75) is 6.36 Å². The summed E-state index contributed by atoms with van der Waals surface area (Å²) in [5.74, 6) is -4.15. The number of hydrazine groups is 1. The largest absolute Gasteiger partial charge is 0.573 e. The SMILES string of the molecule is O=C(COC(=O)c1ccc(OC(F)(F)F)cc1)NNC(=O)c1ccccc1F. The first-order valence-electron chi connectivity index (χ1n) is 7.52. The van der Waals surface area contributed by atoms with E-state index in [2.05, 4.69) is 9.47 Å². The second-order valence-electron chi connectivity index (χ2n) is 5.13. The van der Waals surface area contributed by atoms with Crippen LogP contribution in [0.2, 0.25) is 0 Å². The zero-order chi connectivity index (χ0) is 20.7. The van der Waals surface area contributed by atoms with E-state index in [0.717, 1.165) is 30.3 Å². The summed E-state index contributed by atoms with van der Waals surface area (Å²) in [4.78, 5) is 35.0. The molecule has 0 aromatic heterocycles. The second kappa shape index (κ2) is 8.84. The first kappa shape index (κ1) is 20.7. The highest BCUT2D eigenvalue weighted by atomic mass is 19.4. The standard InChI is InChI=1S/C17H12F4N2O5/c18-13-4-2-1-3-12(13)15(25)23-22-14(24)9-27-16(26)10-5-7-11(8-6-10)28-17(19,20)21/h1-8H,9H2,(H,22,24)(H,23,25). The number of rotatable bonds is 5. The number of esters is 1. The Balaban J connectivity index is 1.80.